The normalized spacial score (nSPS) is 26.0. The maximum Gasteiger partial charge on any atom is 0.207 e. The molecule has 0 spiro atoms. The van der Waals surface area contributed by atoms with E-state index in [0.717, 1.165) is 50.6 Å². The minimum Gasteiger partial charge on any atom is -0.508 e. The molecule has 1 aromatic heterocycles. The molecule has 232 valence electrons. The van der Waals surface area contributed by atoms with E-state index in [9.17, 15) is 9.50 Å². The molecule has 0 aliphatic carbocycles. The van der Waals surface area contributed by atoms with Crippen molar-refractivity contribution in [1.82, 2.24) is 20.2 Å². The fourth-order valence-corrected chi connectivity index (χ4v) is 8.32. The van der Waals surface area contributed by atoms with E-state index in [0.29, 0.717) is 53.6 Å². The average molecular weight is 612 g/mol. The Labute approximate surface area is 260 Å². The van der Waals surface area contributed by atoms with Crippen LogP contribution in [-0.2, 0) is 6.42 Å². The molecular formula is C36H36F3N5O. The largest absolute Gasteiger partial charge is 0.508 e. The van der Waals surface area contributed by atoms with Gasteiger partial charge in [-0.1, -0.05) is 37.5 Å². The smallest absolute Gasteiger partial charge is 0.207 e. The Bertz CT molecular complexity index is 1890. The van der Waals surface area contributed by atoms with Crippen molar-refractivity contribution in [2.75, 3.05) is 31.1 Å². The molecule has 5 heterocycles. The van der Waals surface area contributed by atoms with Crippen molar-refractivity contribution in [2.24, 2.45) is 0 Å². The summed E-state index contributed by atoms with van der Waals surface area (Å²) in [5, 5.41) is 16.0. The maximum atomic E-state index is 16.9. The number of hydrogen-bond donors (Lipinski definition) is 2. The van der Waals surface area contributed by atoms with E-state index in [1.165, 1.54) is 12.1 Å². The Morgan fingerprint density at radius 2 is 1.91 bits per heavy atom. The molecular weight excluding hydrogens is 575 g/mol. The molecule has 3 aromatic carbocycles. The fraction of sp³-hybridized carbons (Fsp3) is 0.444. The van der Waals surface area contributed by atoms with E-state index in [2.05, 4.69) is 38.9 Å². The second kappa shape index (κ2) is 10.9. The summed E-state index contributed by atoms with van der Waals surface area (Å²) < 4.78 is 47.7. The highest BCUT2D eigenvalue weighted by atomic mass is 19.1. The number of piperazine rings is 1. The van der Waals surface area contributed by atoms with Crippen molar-refractivity contribution in [2.45, 2.75) is 75.7 Å². The Morgan fingerprint density at radius 1 is 1.09 bits per heavy atom. The van der Waals surface area contributed by atoms with E-state index >= 15 is 8.78 Å². The number of phenolic OH excluding ortho intramolecular Hbond substituents is 1. The van der Waals surface area contributed by atoms with Crippen molar-refractivity contribution < 1.29 is 18.3 Å². The second-order valence-electron chi connectivity index (χ2n) is 13.2. The molecule has 0 amide bonds. The standard InChI is InChI=1S/C36H36F3N5O/c1-2-5-21-6-3-7-22-14-26(45)15-27(31(21)22)32-29(38)16-28-34(33(32)39)41-30(10-12-36-11-4-13-44(36)18-23(37)17-36)42-35(28)43-19-24-8-9-25(20-43)40-24/h3,6-7,14-16,23-25,40,45H,2,4-5,8-9,11,13,17-20H2,1H3. The van der Waals surface area contributed by atoms with Gasteiger partial charge in [0.1, 0.15) is 29.1 Å². The number of nitrogens with one attached hydrogen (secondary N) is 1. The first kappa shape index (κ1) is 28.6. The highest BCUT2D eigenvalue weighted by molar-refractivity contribution is 6.03. The summed E-state index contributed by atoms with van der Waals surface area (Å²) >= 11 is 0. The monoisotopic (exact) mass is 611 g/mol. The molecule has 4 aromatic rings. The lowest BCUT2D eigenvalue weighted by molar-refractivity contribution is 0.255. The van der Waals surface area contributed by atoms with E-state index in [1.807, 2.05) is 18.2 Å². The van der Waals surface area contributed by atoms with Gasteiger partial charge in [0.15, 0.2) is 5.82 Å². The number of aromatic nitrogens is 2. The van der Waals surface area contributed by atoms with Gasteiger partial charge in [0.05, 0.1) is 11.1 Å². The number of hydrogen-bond acceptors (Lipinski definition) is 6. The van der Waals surface area contributed by atoms with Gasteiger partial charge in [-0.25, -0.2) is 23.1 Å². The SMILES string of the molecule is CCCc1cccc2cc(O)cc(-c3c(F)cc4c(N5CC6CCC(C5)N6)nc(C#CC56CCCN5CC(F)C6)nc4c3F)c12. The number of fused-ring (bicyclic) bond motifs is 5. The number of nitrogens with zero attached hydrogens (tertiary/aromatic N) is 4. The molecule has 4 aliphatic rings. The molecule has 8 rings (SSSR count). The quantitative estimate of drug-likeness (QED) is 0.266. The molecule has 2 N–H and O–H groups in total. The number of alkyl halides is 1. The van der Waals surface area contributed by atoms with Crippen LogP contribution in [0.2, 0.25) is 0 Å². The minimum atomic E-state index is -0.929. The molecule has 0 radical (unpaired) electrons. The molecule has 0 saturated carbocycles. The molecule has 9 heteroatoms. The number of aromatic hydroxyl groups is 1. The van der Waals surface area contributed by atoms with E-state index < -0.39 is 23.3 Å². The van der Waals surface area contributed by atoms with Gasteiger partial charge in [-0.3, -0.25) is 4.90 Å². The zero-order valence-electron chi connectivity index (χ0n) is 25.3. The van der Waals surface area contributed by atoms with Gasteiger partial charge in [-0.05, 0) is 84.7 Å². The molecule has 4 aliphatic heterocycles. The van der Waals surface area contributed by atoms with Crippen LogP contribution >= 0.6 is 0 Å². The lowest BCUT2D eigenvalue weighted by Crippen LogP contribution is -2.51. The summed E-state index contributed by atoms with van der Waals surface area (Å²) in [7, 11) is 0. The summed E-state index contributed by atoms with van der Waals surface area (Å²) in [6.07, 6.45) is 4.80. The third kappa shape index (κ3) is 4.81. The molecule has 45 heavy (non-hydrogen) atoms. The van der Waals surface area contributed by atoms with Crippen molar-refractivity contribution >= 4 is 27.5 Å². The number of anilines is 1. The molecule has 6 nitrogen and oxygen atoms in total. The summed E-state index contributed by atoms with van der Waals surface area (Å²) in [5.41, 5.74) is 0.450. The summed E-state index contributed by atoms with van der Waals surface area (Å²) in [6.45, 7) is 4.57. The third-order valence-corrected chi connectivity index (χ3v) is 10.2. The first-order chi connectivity index (χ1) is 21.8. The highest BCUT2D eigenvalue weighted by Gasteiger charge is 2.47. The minimum absolute atomic E-state index is 0.00777. The van der Waals surface area contributed by atoms with Crippen molar-refractivity contribution in [3.05, 3.63) is 59.4 Å². The van der Waals surface area contributed by atoms with E-state index in [-0.39, 0.29) is 34.7 Å². The van der Waals surface area contributed by atoms with Gasteiger partial charge in [-0.2, -0.15) is 0 Å². The summed E-state index contributed by atoms with van der Waals surface area (Å²) in [4.78, 5) is 13.7. The van der Waals surface area contributed by atoms with Crippen LogP contribution in [0.3, 0.4) is 0 Å². The van der Waals surface area contributed by atoms with Crippen LogP contribution in [0.5, 0.6) is 5.75 Å². The van der Waals surface area contributed by atoms with Crippen molar-refractivity contribution in [3.63, 3.8) is 0 Å². The highest BCUT2D eigenvalue weighted by Crippen LogP contribution is 2.42. The molecule has 4 atom stereocenters. The first-order valence-corrected chi connectivity index (χ1v) is 16.2. The maximum absolute atomic E-state index is 16.9. The van der Waals surface area contributed by atoms with Crippen LogP contribution in [0.1, 0.15) is 56.8 Å². The third-order valence-electron chi connectivity index (χ3n) is 10.2. The summed E-state index contributed by atoms with van der Waals surface area (Å²) in [6, 6.07) is 10.7. The lowest BCUT2D eigenvalue weighted by Gasteiger charge is -2.34. The summed E-state index contributed by atoms with van der Waals surface area (Å²) in [5.74, 6) is 5.43. The van der Waals surface area contributed by atoms with Crippen molar-refractivity contribution in [1.29, 1.82) is 0 Å². The van der Waals surface area contributed by atoms with Gasteiger partial charge >= 0.3 is 0 Å². The van der Waals surface area contributed by atoms with Crippen LogP contribution in [0.25, 0.3) is 32.8 Å². The zero-order valence-corrected chi connectivity index (χ0v) is 25.3. The van der Waals surface area contributed by atoms with Gasteiger partial charge in [0, 0.05) is 43.5 Å². The Balaban J connectivity index is 1.34. The molecule has 4 saturated heterocycles. The number of rotatable bonds is 4. The van der Waals surface area contributed by atoms with E-state index in [1.54, 1.807) is 6.07 Å². The zero-order chi connectivity index (χ0) is 30.9. The van der Waals surface area contributed by atoms with Gasteiger partial charge < -0.3 is 15.3 Å². The van der Waals surface area contributed by atoms with Gasteiger partial charge in [0.25, 0.3) is 0 Å². The predicted molar refractivity (Wildman–Crippen MR) is 170 cm³/mol. The van der Waals surface area contributed by atoms with Gasteiger partial charge in [0.2, 0.25) is 5.82 Å². The van der Waals surface area contributed by atoms with Crippen LogP contribution in [-0.4, -0.2) is 69.9 Å². The Hall–Kier alpha value is -3.87. The van der Waals surface area contributed by atoms with Gasteiger partial charge in [-0.15, -0.1) is 0 Å². The number of benzene rings is 3. The first-order valence-electron chi connectivity index (χ1n) is 16.2. The molecule has 2 bridgehead atoms. The predicted octanol–water partition coefficient (Wildman–Crippen LogP) is 6.25. The van der Waals surface area contributed by atoms with Crippen LogP contribution in [0.4, 0.5) is 19.0 Å². The Kier molecular flexibility index (Phi) is 6.92. The van der Waals surface area contributed by atoms with Crippen LogP contribution in [0.15, 0.2) is 36.4 Å². The molecule has 4 unspecified atom stereocenters. The molecule has 4 fully saturated rings. The Morgan fingerprint density at radius 3 is 2.71 bits per heavy atom. The number of phenols is 1. The number of aryl methyl sites for hydroxylation is 1. The van der Waals surface area contributed by atoms with Crippen LogP contribution < -0.4 is 10.2 Å². The number of halogens is 3. The van der Waals surface area contributed by atoms with Crippen molar-refractivity contribution in [3.8, 4) is 28.7 Å². The van der Waals surface area contributed by atoms with E-state index in [4.69, 9.17) is 4.98 Å². The van der Waals surface area contributed by atoms with Crippen LogP contribution in [0, 0.1) is 23.5 Å². The lowest BCUT2D eigenvalue weighted by atomic mass is 9.91. The second-order valence-corrected chi connectivity index (χ2v) is 13.2. The average Bonchev–Trinajstić information content (AvgIpc) is 3.66. The fourth-order valence-electron chi connectivity index (χ4n) is 8.32. The topological polar surface area (TPSA) is 64.5 Å².